The topological polar surface area (TPSA) is 78.3 Å². The van der Waals surface area contributed by atoms with Crippen LogP contribution in [0.3, 0.4) is 0 Å². The van der Waals surface area contributed by atoms with Gasteiger partial charge >= 0.3 is 6.61 Å². The fourth-order valence-corrected chi connectivity index (χ4v) is 2.85. The van der Waals surface area contributed by atoms with E-state index in [1.165, 1.54) is 24.5 Å². The van der Waals surface area contributed by atoms with Crippen molar-refractivity contribution in [1.29, 1.82) is 0 Å². The van der Waals surface area contributed by atoms with Crippen LogP contribution in [-0.2, 0) is 11.3 Å². The predicted octanol–water partition coefficient (Wildman–Crippen LogP) is 4.37. The predicted molar refractivity (Wildman–Crippen MR) is 110 cm³/mol. The molecule has 0 aliphatic heterocycles. The van der Waals surface area contributed by atoms with Gasteiger partial charge in [0.1, 0.15) is 30.8 Å². The highest BCUT2D eigenvalue weighted by Gasteiger charge is 2.09. The Balaban J connectivity index is 1.59. The van der Waals surface area contributed by atoms with Crippen LogP contribution in [0.25, 0.3) is 6.08 Å². The van der Waals surface area contributed by atoms with Crippen molar-refractivity contribution in [2.75, 3.05) is 11.9 Å². The zero-order chi connectivity index (χ0) is 21.3. The molecule has 0 saturated carbocycles. The van der Waals surface area contributed by atoms with Crippen LogP contribution in [0.5, 0.6) is 11.5 Å². The van der Waals surface area contributed by atoms with E-state index in [1.54, 1.807) is 47.4 Å². The summed E-state index contributed by atoms with van der Waals surface area (Å²) < 4.78 is 37.5. The zero-order valence-corrected chi connectivity index (χ0v) is 17.1. The summed E-state index contributed by atoms with van der Waals surface area (Å²) in [7, 11) is 0. The lowest BCUT2D eigenvalue weighted by molar-refractivity contribution is -0.111. The highest BCUT2D eigenvalue weighted by molar-refractivity contribution is 9.10. The number of anilines is 1. The third kappa shape index (κ3) is 6.66. The molecule has 10 heteroatoms. The molecule has 1 amide bonds. The minimum Gasteiger partial charge on any atom is -0.492 e. The standard InChI is InChI=1S/C20H17BrF2N4O3/c21-15-5-6-18(30-20(22)23)14(10-15)4-7-19(28)26-16-2-1-3-17(11-16)29-9-8-27-13-24-12-25-27/h1-7,10-13,20H,8-9H2,(H,26,28). The molecule has 0 bridgehead atoms. The summed E-state index contributed by atoms with van der Waals surface area (Å²) in [5.41, 5.74) is 0.867. The van der Waals surface area contributed by atoms with E-state index in [1.807, 2.05) is 0 Å². The lowest BCUT2D eigenvalue weighted by atomic mass is 10.2. The van der Waals surface area contributed by atoms with E-state index in [4.69, 9.17) is 4.74 Å². The Hall–Kier alpha value is -3.27. The maximum atomic E-state index is 12.5. The fourth-order valence-electron chi connectivity index (χ4n) is 2.47. The van der Waals surface area contributed by atoms with Gasteiger partial charge in [-0.05, 0) is 36.4 Å². The van der Waals surface area contributed by atoms with Crippen LogP contribution in [0, 0.1) is 0 Å². The third-order valence-electron chi connectivity index (χ3n) is 3.76. The molecule has 0 fully saturated rings. The number of aromatic nitrogens is 3. The number of benzene rings is 2. The van der Waals surface area contributed by atoms with E-state index in [0.29, 0.717) is 34.6 Å². The molecule has 3 aromatic rings. The summed E-state index contributed by atoms with van der Waals surface area (Å²) >= 11 is 3.26. The van der Waals surface area contributed by atoms with Gasteiger partial charge in [-0.3, -0.25) is 4.79 Å². The molecule has 1 heterocycles. The molecule has 0 spiro atoms. The fraction of sp³-hybridized carbons (Fsp3) is 0.150. The first kappa shape index (κ1) is 21.4. The average molecular weight is 479 g/mol. The van der Waals surface area contributed by atoms with Gasteiger partial charge in [-0.2, -0.15) is 13.9 Å². The quantitative estimate of drug-likeness (QED) is 0.462. The van der Waals surface area contributed by atoms with Crippen molar-refractivity contribution in [1.82, 2.24) is 14.8 Å². The van der Waals surface area contributed by atoms with E-state index >= 15 is 0 Å². The highest BCUT2D eigenvalue weighted by Crippen LogP contribution is 2.26. The normalized spacial score (nSPS) is 11.1. The summed E-state index contributed by atoms with van der Waals surface area (Å²) in [6, 6.07) is 11.4. The molecule has 30 heavy (non-hydrogen) atoms. The molecule has 2 aromatic carbocycles. The van der Waals surface area contributed by atoms with E-state index in [0.717, 1.165) is 0 Å². The Morgan fingerprint density at radius 3 is 2.90 bits per heavy atom. The Morgan fingerprint density at radius 1 is 1.27 bits per heavy atom. The van der Waals surface area contributed by atoms with Crippen LogP contribution in [0.2, 0.25) is 0 Å². The molecule has 0 radical (unpaired) electrons. The van der Waals surface area contributed by atoms with Gasteiger partial charge in [0.15, 0.2) is 0 Å². The summed E-state index contributed by atoms with van der Waals surface area (Å²) in [6.45, 7) is -2.04. The summed E-state index contributed by atoms with van der Waals surface area (Å²) in [5.74, 6) is 0.120. The zero-order valence-electron chi connectivity index (χ0n) is 15.5. The minimum absolute atomic E-state index is 0.0278. The molecule has 7 nitrogen and oxygen atoms in total. The molecular weight excluding hydrogens is 462 g/mol. The van der Waals surface area contributed by atoms with Crippen LogP contribution in [0.1, 0.15) is 5.56 Å². The maximum absolute atomic E-state index is 12.5. The van der Waals surface area contributed by atoms with E-state index < -0.39 is 12.5 Å². The van der Waals surface area contributed by atoms with Gasteiger partial charge in [-0.1, -0.05) is 22.0 Å². The van der Waals surface area contributed by atoms with Crippen molar-refractivity contribution in [2.45, 2.75) is 13.2 Å². The smallest absolute Gasteiger partial charge is 0.387 e. The van der Waals surface area contributed by atoms with Crippen molar-refractivity contribution in [3.05, 3.63) is 71.2 Å². The number of carbonyl (C=O) groups is 1. The Kier molecular flexibility index (Phi) is 7.50. The van der Waals surface area contributed by atoms with Crippen LogP contribution >= 0.6 is 15.9 Å². The lowest BCUT2D eigenvalue weighted by Gasteiger charge is -2.09. The van der Waals surface area contributed by atoms with E-state index in [9.17, 15) is 13.6 Å². The molecular formula is C20H17BrF2N4O3. The van der Waals surface area contributed by atoms with Crippen LogP contribution in [0.4, 0.5) is 14.5 Å². The number of carbonyl (C=O) groups excluding carboxylic acids is 1. The Bertz CT molecular complexity index is 1010. The monoisotopic (exact) mass is 478 g/mol. The highest BCUT2D eigenvalue weighted by atomic mass is 79.9. The van der Waals surface area contributed by atoms with Gasteiger partial charge in [-0.15, -0.1) is 0 Å². The van der Waals surface area contributed by atoms with Crippen LogP contribution < -0.4 is 14.8 Å². The first-order valence-electron chi connectivity index (χ1n) is 8.78. The van der Waals surface area contributed by atoms with Crippen LogP contribution in [0.15, 0.2) is 65.7 Å². The Labute approximate surface area is 179 Å². The van der Waals surface area contributed by atoms with Gasteiger partial charge < -0.3 is 14.8 Å². The molecule has 3 rings (SSSR count). The molecule has 0 unspecified atom stereocenters. The average Bonchev–Trinajstić information content (AvgIpc) is 3.22. The molecule has 0 aliphatic rings. The first-order valence-corrected chi connectivity index (χ1v) is 9.57. The second-order valence-corrected chi connectivity index (χ2v) is 6.83. The van der Waals surface area contributed by atoms with Gasteiger partial charge in [0.05, 0.1) is 6.54 Å². The number of amides is 1. The van der Waals surface area contributed by atoms with Crippen molar-refractivity contribution < 1.29 is 23.0 Å². The Morgan fingerprint density at radius 2 is 2.13 bits per heavy atom. The van der Waals surface area contributed by atoms with E-state index in [2.05, 4.69) is 36.1 Å². The molecule has 156 valence electrons. The van der Waals surface area contributed by atoms with Gasteiger partial charge in [-0.25, -0.2) is 9.67 Å². The molecule has 0 atom stereocenters. The number of nitrogens with zero attached hydrogens (tertiary/aromatic N) is 3. The molecule has 0 aliphatic carbocycles. The number of ether oxygens (including phenoxy) is 2. The molecule has 0 saturated heterocycles. The largest absolute Gasteiger partial charge is 0.492 e. The van der Waals surface area contributed by atoms with Crippen LogP contribution in [-0.4, -0.2) is 33.9 Å². The SMILES string of the molecule is O=C(C=Cc1cc(Br)ccc1OC(F)F)Nc1cccc(OCCn2cncn2)c1. The molecule has 1 N–H and O–H groups in total. The minimum atomic E-state index is -2.96. The number of halogens is 3. The second-order valence-electron chi connectivity index (χ2n) is 5.92. The summed E-state index contributed by atoms with van der Waals surface area (Å²) in [5, 5.41) is 6.68. The maximum Gasteiger partial charge on any atom is 0.387 e. The van der Waals surface area contributed by atoms with Gasteiger partial charge in [0.25, 0.3) is 0 Å². The molecule has 1 aromatic heterocycles. The number of nitrogens with one attached hydrogen (secondary N) is 1. The second kappa shape index (κ2) is 10.5. The van der Waals surface area contributed by atoms with Crippen molar-refractivity contribution >= 4 is 33.6 Å². The third-order valence-corrected chi connectivity index (χ3v) is 4.25. The summed E-state index contributed by atoms with van der Waals surface area (Å²) in [6.07, 6.45) is 5.67. The number of hydrogen-bond acceptors (Lipinski definition) is 5. The van der Waals surface area contributed by atoms with Crippen molar-refractivity contribution in [3.63, 3.8) is 0 Å². The first-order chi connectivity index (χ1) is 14.5. The summed E-state index contributed by atoms with van der Waals surface area (Å²) in [4.78, 5) is 16.1. The van der Waals surface area contributed by atoms with Gasteiger partial charge in [0.2, 0.25) is 5.91 Å². The number of alkyl halides is 2. The van der Waals surface area contributed by atoms with Crippen molar-refractivity contribution in [3.8, 4) is 11.5 Å². The van der Waals surface area contributed by atoms with Crippen molar-refractivity contribution in [2.24, 2.45) is 0 Å². The number of rotatable bonds is 9. The number of hydrogen-bond donors (Lipinski definition) is 1. The van der Waals surface area contributed by atoms with Gasteiger partial charge in [0, 0.05) is 27.9 Å². The van der Waals surface area contributed by atoms with E-state index in [-0.39, 0.29) is 5.75 Å². The lowest BCUT2D eigenvalue weighted by Crippen LogP contribution is -2.10.